The standard InChI is InChI=1S/C15H17O3P/c1-12(18-19(16)17)15(13-8-4-2-5-9-13)14-10-6-3-7-11-14/h2-12,15-17H,1H3. The molecule has 0 spiro atoms. The second-order valence-electron chi connectivity index (χ2n) is 4.36. The Balaban J connectivity index is 2.34. The highest BCUT2D eigenvalue weighted by Gasteiger charge is 2.24. The number of hydrogen-bond acceptors (Lipinski definition) is 3. The fraction of sp³-hybridized carbons (Fsp3) is 0.200. The van der Waals surface area contributed by atoms with E-state index in [-0.39, 0.29) is 12.0 Å². The van der Waals surface area contributed by atoms with Crippen LogP contribution in [0, 0.1) is 0 Å². The van der Waals surface area contributed by atoms with Gasteiger partial charge in [0, 0.05) is 5.92 Å². The van der Waals surface area contributed by atoms with Crippen LogP contribution in [0.4, 0.5) is 0 Å². The topological polar surface area (TPSA) is 49.7 Å². The van der Waals surface area contributed by atoms with E-state index in [0.717, 1.165) is 11.1 Å². The van der Waals surface area contributed by atoms with E-state index >= 15 is 0 Å². The van der Waals surface area contributed by atoms with Crippen molar-refractivity contribution in [3.05, 3.63) is 71.8 Å². The van der Waals surface area contributed by atoms with Crippen LogP contribution in [-0.2, 0) is 4.52 Å². The molecule has 2 aromatic carbocycles. The molecular formula is C15H17O3P. The normalized spacial score (nSPS) is 12.9. The van der Waals surface area contributed by atoms with Gasteiger partial charge in [-0.05, 0) is 18.1 Å². The molecule has 0 saturated heterocycles. The zero-order valence-electron chi connectivity index (χ0n) is 10.7. The zero-order valence-corrected chi connectivity index (χ0v) is 11.6. The molecule has 100 valence electrons. The monoisotopic (exact) mass is 276 g/mol. The highest BCUT2D eigenvalue weighted by atomic mass is 31.2. The smallest absolute Gasteiger partial charge is 0.327 e. The molecule has 3 nitrogen and oxygen atoms in total. The molecule has 2 rings (SSSR count). The van der Waals surface area contributed by atoms with Gasteiger partial charge in [-0.15, -0.1) is 0 Å². The van der Waals surface area contributed by atoms with E-state index in [0.29, 0.717) is 0 Å². The molecule has 0 radical (unpaired) electrons. The van der Waals surface area contributed by atoms with Gasteiger partial charge in [-0.2, -0.15) is 0 Å². The SMILES string of the molecule is CC(OP(O)O)C(c1ccccc1)c1ccccc1. The number of hydrogen-bond donors (Lipinski definition) is 2. The minimum atomic E-state index is -2.35. The van der Waals surface area contributed by atoms with Crippen LogP contribution in [0.15, 0.2) is 60.7 Å². The van der Waals surface area contributed by atoms with Gasteiger partial charge in [0.25, 0.3) is 0 Å². The molecule has 4 heteroatoms. The van der Waals surface area contributed by atoms with Gasteiger partial charge in [0.15, 0.2) is 0 Å². The quantitative estimate of drug-likeness (QED) is 0.822. The van der Waals surface area contributed by atoms with Crippen molar-refractivity contribution in [1.82, 2.24) is 0 Å². The maximum absolute atomic E-state index is 9.06. The first-order valence-electron chi connectivity index (χ1n) is 6.13. The van der Waals surface area contributed by atoms with Crippen molar-refractivity contribution < 1.29 is 14.3 Å². The molecule has 2 aromatic rings. The molecule has 0 aliphatic rings. The second-order valence-corrected chi connectivity index (χ2v) is 5.08. The molecule has 0 bridgehead atoms. The maximum atomic E-state index is 9.06. The summed E-state index contributed by atoms with van der Waals surface area (Å²) in [6.07, 6.45) is -0.314. The number of rotatable bonds is 5. The van der Waals surface area contributed by atoms with Crippen molar-refractivity contribution in [2.24, 2.45) is 0 Å². The maximum Gasteiger partial charge on any atom is 0.327 e. The molecule has 1 unspecified atom stereocenters. The van der Waals surface area contributed by atoms with Gasteiger partial charge in [-0.3, -0.25) is 0 Å². The molecule has 0 aliphatic heterocycles. The minimum absolute atomic E-state index is 0.0216. The molecule has 19 heavy (non-hydrogen) atoms. The average Bonchev–Trinajstić information content (AvgIpc) is 2.40. The van der Waals surface area contributed by atoms with Crippen LogP contribution < -0.4 is 0 Å². The summed E-state index contributed by atoms with van der Waals surface area (Å²) in [7, 11) is -2.35. The predicted octanol–water partition coefficient (Wildman–Crippen LogP) is 3.44. The molecule has 0 saturated carbocycles. The van der Waals surface area contributed by atoms with Gasteiger partial charge < -0.3 is 14.3 Å². The number of benzene rings is 2. The predicted molar refractivity (Wildman–Crippen MR) is 76.6 cm³/mol. The molecular weight excluding hydrogens is 259 g/mol. The van der Waals surface area contributed by atoms with Crippen LogP contribution in [0.25, 0.3) is 0 Å². The van der Waals surface area contributed by atoms with E-state index in [9.17, 15) is 0 Å². The average molecular weight is 276 g/mol. The summed E-state index contributed by atoms with van der Waals surface area (Å²) in [5.74, 6) is -0.0216. The first-order valence-corrected chi connectivity index (χ1v) is 7.29. The second kappa shape index (κ2) is 6.78. The Morgan fingerprint density at radius 1 is 0.842 bits per heavy atom. The summed E-state index contributed by atoms with van der Waals surface area (Å²) in [6.45, 7) is 1.85. The van der Waals surface area contributed by atoms with Crippen molar-refractivity contribution in [1.29, 1.82) is 0 Å². The highest BCUT2D eigenvalue weighted by molar-refractivity contribution is 7.39. The van der Waals surface area contributed by atoms with Crippen LogP contribution in [0.3, 0.4) is 0 Å². The Morgan fingerprint density at radius 3 is 1.63 bits per heavy atom. The van der Waals surface area contributed by atoms with Crippen molar-refractivity contribution in [3.63, 3.8) is 0 Å². The van der Waals surface area contributed by atoms with Crippen LogP contribution >= 0.6 is 8.60 Å². The van der Waals surface area contributed by atoms with E-state index < -0.39 is 8.60 Å². The Labute approximate surface area is 114 Å². The molecule has 2 N–H and O–H groups in total. The van der Waals surface area contributed by atoms with Gasteiger partial charge in [-0.1, -0.05) is 60.7 Å². The fourth-order valence-corrected chi connectivity index (χ4v) is 2.68. The van der Waals surface area contributed by atoms with Crippen LogP contribution in [-0.4, -0.2) is 15.9 Å². The summed E-state index contributed by atoms with van der Waals surface area (Å²) in [4.78, 5) is 18.1. The lowest BCUT2D eigenvalue weighted by Gasteiger charge is -2.25. The van der Waals surface area contributed by atoms with Crippen LogP contribution in [0.5, 0.6) is 0 Å². The Bertz CT molecular complexity index is 448. The van der Waals surface area contributed by atoms with Gasteiger partial charge in [-0.25, -0.2) is 0 Å². The summed E-state index contributed by atoms with van der Waals surface area (Å²) in [5, 5.41) is 0. The van der Waals surface area contributed by atoms with E-state index in [1.807, 2.05) is 67.6 Å². The third-order valence-electron chi connectivity index (χ3n) is 3.05. The van der Waals surface area contributed by atoms with Crippen LogP contribution in [0.1, 0.15) is 24.0 Å². The Morgan fingerprint density at radius 2 is 1.26 bits per heavy atom. The Kier molecular flexibility index (Phi) is 5.06. The molecule has 0 aliphatic carbocycles. The molecule has 0 amide bonds. The lowest BCUT2D eigenvalue weighted by molar-refractivity contribution is 0.171. The fourth-order valence-electron chi connectivity index (χ4n) is 2.26. The minimum Gasteiger partial charge on any atom is -0.328 e. The van der Waals surface area contributed by atoms with Crippen molar-refractivity contribution in [2.45, 2.75) is 18.9 Å². The van der Waals surface area contributed by atoms with E-state index in [4.69, 9.17) is 14.3 Å². The summed E-state index contributed by atoms with van der Waals surface area (Å²) < 4.78 is 5.20. The third-order valence-corrected chi connectivity index (χ3v) is 3.57. The van der Waals surface area contributed by atoms with Crippen molar-refractivity contribution >= 4 is 8.60 Å². The largest absolute Gasteiger partial charge is 0.328 e. The highest BCUT2D eigenvalue weighted by Crippen LogP contribution is 2.36. The van der Waals surface area contributed by atoms with Gasteiger partial charge in [0.05, 0.1) is 6.10 Å². The molecule has 0 heterocycles. The van der Waals surface area contributed by atoms with E-state index in [1.54, 1.807) is 0 Å². The first-order chi connectivity index (χ1) is 9.18. The van der Waals surface area contributed by atoms with Gasteiger partial charge >= 0.3 is 8.60 Å². The van der Waals surface area contributed by atoms with E-state index in [2.05, 4.69) is 0 Å². The lowest BCUT2D eigenvalue weighted by atomic mass is 9.87. The third kappa shape index (κ3) is 3.85. The zero-order chi connectivity index (χ0) is 13.7. The Hall–Kier alpha value is -1.25. The molecule has 1 atom stereocenters. The van der Waals surface area contributed by atoms with Crippen molar-refractivity contribution in [3.8, 4) is 0 Å². The van der Waals surface area contributed by atoms with Crippen molar-refractivity contribution in [2.75, 3.05) is 0 Å². The van der Waals surface area contributed by atoms with E-state index in [1.165, 1.54) is 0 Å². The molecule has 0 fully saturated rings. The van der Waals surface area contributed by atoms with Gasteiger partial charge in [0.1, 0.15) is 0 Å². The van der Waals surface area contributed by atoms with Gasteiger partial charge in [0.2, 0.25) is 0 Å². The molecule has 0 aromatic heterocycles. The summed E-state index contributed by atoms with van der Waals surface area (Å²) in [5.41, 5.74) is 2.19. The first kappa shape index (κ1) is 14.2. The van der Waals surface area contributed by atoms with Crippen LogP contribution in [0.2, 0.25) is 0 Å². The summed E-state index contributed by atoms with van der Waals surface area (Å²) >= 11 is 0. The summed E-state index contributed by atoms with van der Waals surface area (Å²) in [6, 6.07) is 19.9. The lowest BCUT2D eigenvalue weighted by Crippen LogP contribution is -2.18.